The average Bonchev–Trinajstić information content (AvgIpc) is 2.44. The molecule has 1 amide bonds. The monoisotopic (exact) mass is 282 g/mol. The van der Waals surface area contributed by atoms with E-state index in [9.17, 15) is 4.79 Å². The highest BCUT2D eigenvalue weighted by molar-refractivity contribution is 9.10. The summed E-state index contributed by atoms with van der Waals surface area (Å²) in [7, 11) is 1.58. The van der Waals surface area contributed by atoms with Crippen molar-refractivity contribution >= 4 is 27.8 Å². The van der Waals surface area contributed by atoms with E-state index in [0.29, 0.717) is 0 Å². The third-order valence-electron chi connectivity index (χ3n) is 2.72. The number of amides is 1. The van der Waals surface area contributed by atoms with E-state index in [1.165, 1.54) is 4.90 Å². The Balaban J connectivity index is 2.48. The molecule has 6 heteroatoms. The molecule has 0 bridgehead atoms. The summed E-state index contributed by atoms with van der Waals surface area (Å²) in [6, 6.07) is 1.82. The van der Waals surface area contributed by atoms with Crippen LogP contribution in [0, 0.1) is 5.41 Å². The zero-order valence-corrected chi connectivity index (χ0v) is 10.5. The number of aromatic nitrogens is 1. The lowest BCUT2D eigenvalue weighted by Gasteiger charge is -2.21. The molecule has 16 heavy (non-hydrogen) atoms. The highest BCUT2D eigenvalue weighted by Gasteiger charge is 2.45. The Labute approximate surface area is 101 Å². The van der Waals surface area contributed by atoms with E-state index in [1.54, 1.807) is 26.4 Å². The molecule has 0 aromatic carbocycles. The van der Waals surface area contributed by atoms with Crippen molar-refractivity contribution in [2.24, 2.45) is 0 Å². The Bertz CT molecular complexity index is 476. The van der Waals surface area contributed by atoms with Crippen molar-refractivity contribution in [3.63, 3.8) is 0 Å². The van der Waals surface area contributed by atoms with Crippen LogP contribution in [0.2, 0.25) is 0 Å². The maximum absolute atomic E-state index is 12.0. The molecule has 0 aliphatic carbocycles. The van der Waals surface area contributed by atoms with Crippen molar-refractivity contribution in [2.45, 2.75) is 12.5 Å². The van der Waals surface area contributed by atoms with Gasteiger partial charge in [-0.2, -0.15) is 0 Å². The average molecular weight is 283 g/mol. The highest BCUT2D eigenvalue weighted by Crippen LogP contribution is 2.28. The molecule has 0 saturated carbocycles. The molecule has 1 aliphatic rings. The van der Waals surface area contributed by atoms with Crippen molar-refractivity contribution in [1.29, 1.82) is 5.41 Å². The quantitative estimate of drug-likeness (QED) is 0.809. The molecule has 1 atom stereocenters. The molecule has 5 nitrogen and oxygen atoms in total. The fourth-order valence-corrected chi connectivity index (χ4v) is 2.06. The summed E-state index contributed by atoms with van der Waals surface area (Å²) in [4.78, 5) is 17.4. The summed E-state index contributed by atoms with van der Waals surface area (Å²) in [6.07, 6.45) is 3.28. The number of likely N-dealkylation sites (N-methyl/N-ethyl adjacent to an activating group) is 1. The van der Waals surface area contributed by atoms with Crippen LogP contribution in [0.1, 0.15) is 12.5 Å². The SMILES string of the molecule is CN1C(=N)NC(C)(c2cncc(Br)c2)C1=O. The van der Waals surface area contributed by atoms with Crippen molar-refractivity contribution in [3.05, 3.63) is 28.5 Å². The standard InChI is InChI=1S/C10H11BrN4O/c1-10(6-3-7(11)5-13-4-6)8(16)15(2)9(12)14-10/h3-5H,1-2H3,(H2,12,14). The maximum atomic E-state index is 12.0. The van der Waals surface area contributed by atoms with Gasteiger partial charge in [0, 0.05) is 29.5 Å². The molecule has 0 spiro atoms. The number of pyridine rings is 1. The van der Waals surface area contributed by atoms with Crippen molar-refractivity contribution in [1.82, 2.24) is 15.2 Å². The third kappa shape index (κ3) is 1.49. The van der Waals surface area contributed by atoms with Gasteiger partial charge < -0.3 is 5.32 Å². The van der Waals surface area contributed by atoms with E-state index in [0.717, 1.165) is 10.0 Å². The molecule has 1 aromatic rings. The Kier molecular flexibility index (Phi) is 2.46. The van der Waals surface area contributed by atoms with Crippen LogP contribution in [0.5, 0.6) is 0 Å². The molecule has 1 aliphatic heterocycles. The molecule has 2 rings (SSSR count). The number of carbonyl (C=O) groups is 1. The van der Waals surface area contributed by atoms with Gasteiger partial charge in [-0.3, -0.25) is 20.1 Å². The number of guanidine groups is 1. The number of halogens is 1. The van der Waals surface area contributed by atoms with E-state index in [2.05, 4.69) is 26.2 Å². The number of nitrogens with one attached hydrogen (secondary N) is 2. The second-order valence-corrected chi connectivity index (χ2v) is 4.77. The first-order valence-electron chi connectivity index (χ1n) is 4.71. The van der Waals surface area contributed by atoms with Crippen LogP contribution in [0.3, 0.4) is 0 Å². The lowest BCUT2D eigenvalue weighted by molar-refractivity contribution is -0.129. The smallest absolute Gasteiger partial charge is 0.259 e. The summed E-state index contributed by atoms with van der Waals surface area (Å²) >= 11 is 3.31. The first-order valence-corrected chi connectivity index (χ1v) is 5.50. The lowest BCUT2D eigenvalue weighted by atomic mass is 9.94. The van der Waals surface area contributed by atoms with Gasteiger partial charge in [0.2, 0.25) is 0 Å². The first-order chi connectivity index (χ1) is 7.45. The van der Waals surface area contributed by atoms with E-state index in [-0.39, 0.29) is 11.9 Å². The first kappa shape index (κ1) is 11.1. The molecule has 1 saturated heterocycles. The molecule has 84 valence electrons. The van der Waals surface area contributed by atoms with Gasteiger partial charge in [0.1, 0.15) is 5.54 Å². The van der Waals surface area contributed by atoms with Gasteiger partial charge in [-0.15, -0.1) is 0 Å². The minimum absolute atomic E-state index is 0.104. The van der Waals surface area contributed by atoms with Gasteiger partial charge >= 0.3 is 0 Å². The minimum Gasteiger partial charge on any atom is -0.338 e. The van der Waals surface area contributed by atoms with Gasteiger partial charge in [-0.1, -0.05) is 0 Å². The Hall–Kier alpha value is -1.43. The molecule has 2 N–H and O–H groups in total. The van der Waals surface area contributed by atoms with Crippen molar-refractivity contribution in [3.8, 4) is 0 Å². The molecule has 1 aromatic heterocycles. The maximum Gasteiger partial charge on any atom is 0.259 e. The van der Waals surface area contributed by atoms with Gasteiger partial charge in [0.15, 0.2) is 5.96 Å². The minimum atomic E-state index is -0.900. The van der Waals surface area contributed by atoms with E-state index in [1.807, 2.05) is 6.07 Å². The van der Waals surface area contributed by atoms with Crippen LogP contribution < -0.4 is 5.32 Å². The summed E-state index contributed by atoms with van der Waals surface area (Å²) in [5.74, 6) is -0.0510. The number of nitrogens with zero attached hydrogens (tertiary/aromatic N) is 2. The van der Waals surface area contributed by atoms with Crippen LogP contribution in [-0.2, 0) is 10.3 Å². The Morgan fingerprint density at radius 1 is 1.56 bits per heavy atom. The molecular weight excluding hydrogens is 272 g/mol. The third-order valence-corrected chi connectivity index (χ3v) is 3.15. The predicted octanol–water partition coefficient (Wildman–Crippen LogP) is 1.06. The normalized spacial score (nSPS) is 24.8. The highest BCUT2D eigenvalue weighted by atomic mass is 79.9. The topological polar surface area (TPSA) is 69.1 Å². The van der Waals surface area contributed by atoms with Gasteiger partial charge in [0.05, 0.1) is 0 Å². The van der Waals surface area contributed by atoms with Crippen molar-refractivity contribution in [2.75, 3.05) is 7.05 Å². The number of hydrogen-bond donors (Lipinski definition) is 2. The molecule has 1 unspecified atom stereocenters. The Morgan fingerprint density at radius 3 is 2.75 bits per heavy atom. The number of hydrogen-bond acceptors (Lipinski definition) is 3. The summed E-state index contributed by atoms with van der Waals surface area (Å²) < 4.78 is 0.807. The van der Waals surface area contributed by atoms with Crippen LogP contribution >= 0.6 is 15.9 Å². The van der Waals surface area contributed by atoms with E-state index in [4.69, 9.17) is 5.41 Å². The summed E-state index contributed by atoms with van der Waals surface area (Å²) in [6.45, 7) is 1.75. The van der Waals surface area contributed by atoms with E-state index >= 15 is 0 Å². The summed E-state index contributed by atoms with van der Waals surface area (Å²) in [5, 5.41) is 10.5. The predicted molar refractivity (Wildman–Crippen MR) is 62.9 cm³/mol. The summed E-state index contributed by atoms with van der Waals surface area (Å²) in [5.41, 5.74) is -0.163. The van der Waals surface area contributed by atoms with Crippen LogP contribution in [0.25, 0.3) is 0 Å². The molecule has 0 radical (unpaired) electrons. The zero-order valence-electron chi connectivity index (χ0n) is 8.91. The van der Waals surface area contributed by atoms with Gasteiger partial charge in [-0.25, -0.2) is 0 Å². The van der Waals surface area contributed by atoms with Crippen LogP contribution in [0.15, 0.2) is 22.9 Å². The van der Waals surface area contributed by atoms with Gasteiger partial charge in [0.25, 0.3) is 5.91 Å². The number of rotatable bonds is 1. The van der Waals surface area contributed by atoms with Crippen LogP contribution in [-0.4, -0.2) is 28.8 Å². The van der Waals surface area contributed by atoms with Gasteiger partial charge in [-0.05, 0) is 28.9 Å². The molecular formula is C10H11BrN4O. The lowest BCUT2D eigenvalue weighted by Crippen LogP contribution is -2.40. The second-order valence-electron chi connectivity index (χ2n) is 3.85. The zero-order chi connectivity index (χ0) is 11.9. The number of carbonyl (C=O) groups excluding carboxylic acids is 1. The fraction of sp³-hybridized carbons (Fsp3) is 0.300. The fourth-order valence-electron chi connectivity index (χ4n) is 1.69. The second kappa shape index (κ2) is 3.55. The Morgan fingerprint density at radius 2 is 2.25 bits per heavy atom. The largest absolute Gasteiger partial charge is 0.338 e. The van der Waals surface area contributed by atoms with E-state index < -0.39 is 5.54 Å². The van der Waals surface area contributed by atoms with Crippen LogP contribution in [0.4, 0.5) is 0 Å². The molecule has 1 fully saturated rings. The van der Waals surface area contributed by atoms with Crippen molar-refractivity contribution < 1.29 is 4.79 Å². The molecule has 2 heterocycles.